The van der Waals surface area contributed by atoms with Crippen LogP contribution in [0.3, 0.4) is 0 Å². The molecular formula is C10H12ClNO2S2. The van der Waals surface area contributed by atoms with Gasteiger partial charge in [0.1, 0.15) is 6.04 Å². The molecule has 1 N–H and O–H groups in total. The van der Waals surface area contributed by atoms with Crippen LogP contribution in [0.4, 0.5) is 0 Å². The van der Waals surface area contributed by atoms with Crippen LogP contribution < -0.4 is 5.32 Å². The number of nitrogens with one attached hydrogen (secondary N) is 1. The van der Waals surface area contributed by atoms with E-state index in [1.807, 2.05) is 11.4 Å². The van der Waals surface area contributed by atoms with Crippen LogP contribution in [-0.2, 0) is 9.53 Å². The Morgan fingerprint density at radius 2 is 2.44 bits per heavy atom. The zero-order valence-corrected chi connectivity index (χ0v) is 11.1. The predicted octanol–water partition coefficient (Wildman–Crippen LogP) is 2.32. The molecule has 1 aromatic heterocycles. The Morgan fingerprint density at radius 3 is 3.06 bits per heavy atom. The van der Waals surface area contributed by atoms with Crippen molar-refractivity contribution in [2.24, 2.45) is 0 Å². The van der Waals surface area contributed by atoms with Crippen molar-refractivity contribution in [1.29, 1.82) is 0 Å². The molecule has 1 fully saturated rings. The average Bonchev–Trinajstić information content (AvgIpc) is 2.75. The van der Waals surface area contributed by atoms with E-state index >= 15 is 0 Å². The molecule has 2 atom stereocenters. The molecule has 0 radical (unpaired) electrons. The summed E-state index contributed by atoms with van der Waals surface area (Å²) in [7, 11) is 1.42. The van der Waals surface area contributed by atoms with Crippen LogP contribution in [0, 0.1) is 0 Å². The Labute approximate surface area is 108 Å². The summed E-state index contributed by atoms with van der Waals surface area (Å²) in [5.41, 5.74) is 1.15. The molecule has 0 spiro atoms. The lowest BCUT2D eigenvalue weighted by molar-refractivity contribution is -0.142. The Morgan fingerprint density at radius 1 is 1.62 bits per heavy atom. The van der Waals surface area contributed by atoms with Crippen molar-refractivity contribution in [3.8, 4) is 0 Å². The van der Waals surface area contributed by atoms with Crippen molar-refractivity contribution in [2.75, 3.05) is 18.6 Å². The van der Waals surface area contributed by atoms with Gasteiger partial charge in [-0.05, 0) is 17.0 Å². The first-order valence-corrected chi connectivity index (χ1v) is 7.27. The quantitative estimate of drug-likeness (QED) is 0.842. The van der Waals surface area contributed by atoms with E-state index in [1.165, 1.54) is 18.4 Å². The van der Waals surface area contributed by atoms with Gasteiger partial charge in [-0.15, -0.1) is 11.3 Å². The molecule has 16 heavy (non-hydrogen) atoms. The molecule has 2 rings (SSSR count). The Hall–Kier alpha value is -0.230. The summed E-state index contributed by atoms with van der Waals surface area (Å²) >= 11 is 9.17. The van der Waals surface area contributed by atoms with Crippen LogP contribution in [0.2, 0.25) is 4.34 Å². The number of hydrogen-bond donors (Lipinski definition) is 1. The monoisotopic (exact) mass is 277 g/mol. The molecule has 0 bridgehead atoms. The molecule has 0 aliphatic carbocycles. The van der Waals surface area contributed by atoms with E-state index in [1.54, 1.807) is 11.8 Å². The highest BCUT2D eigenvalue weighted by atomic mass is 35.5. The minimum Gasteiger partial charge on any atom is -0.468 e. The number of thioether (sulfide) groups is 1. The number of hydrogen-bond acceptors (Lipinski definition) is 5. The van der Waals surface area contributed by atoms with Crippen molar-refractivity contribution < 1.29 is 9.53 Å². The summed E-state index contributed by atoms with van der Waals surface area (Å²) in [6.45, 7) is 0. The van der Waals surface area contributed by atoms with Gasteiger partial charge in [-0.2, -0.15) is 11.8 Å². The van der Waals surface area contributed by atoms with Gasteiger partial charge < -0.3 is 4.74 Å². The molecule has 0 amide bonds. The van der Waals surface area contributed by atoms with Gasteiger partial charge in [0.05, 0.1) is 11.4 Å². The second-order valence-corrected chi connectivity index (χ2v) is 6.13. The smallest absolute Gasteiger partial charge is 0.323 e. The van der Waals surface area contributed by atoms with Crippen molar-refractivity contribution >= 4 is 40.7 Å². The lowest BCUT2D eigenvalue weighted by Crippen LogP contribution is -2.45. The Bertz CT molecular complexity index is 383. The van der Waals surface area contributed by atoms with Gasteiger partial charge >= 0.3 is 5.97 Å². The van der Waals surface area contributed by atoms with Crippen LogP contribution in [0.25, 0.3) is 0 Å². The second kappa shape index (κ2) is 5.40. The number of halogens is 1. The zero-order valence-electron chi connectivity index (χ0n) is 8.73. The van der Waals surface area contributed by atoms with Crippen molar-refractivity contribution in [1.82, 2.24) is 5.32 Å². The SMILES string of the molecule is COC(=O)C1CSCC(c2csc(Cl)c2)N1. The third-order valence-electron chi connectivity index (χ3n) is 2.45. The molecule has 1 saturated heterocycles. The fraction of sp³-hybridized carbons (Fsp3) is 0.500. The van der Waals surface area contributed by atoms with E-state index in [-0.39, 0.29) is 18.1 Å². The predicted molar refractivity (Wildman–Crippen MR) is 68.3 cm³/mol. The van der Waals surface area contributed by atoms with E-state index in [4.69, 9.17) is 16.3 Å². The number of thiophene rings is 1. The van der Waals surface area contributed by atoms with Crippen LogP contribution in [0.5, 0.6) is 0 Å². The summed E-state index contributed by atoms with van der Waals surface area (Å²) in [4.78, 5) is 11.4. The maximum atomic E-state index is 11.4. The fourth-order valence-electron chi connectivity index (χ4n) is 1.62. The summed E-state index contributed by atoms with van der Waals surface area (Å²) in [6, 6.07) is 1.92. The third-order valence-corrected chi connectivity index (χ3v) is 4.69. The van der Waals surface area contributed by atoms with Crippen LogP contribution in [0.1, 0.15) is 11.6 Å². The third kappa shape index (κ3) is 2.71. The number of carbonyl (C=O) groups excluding carboxylic acids is 1. The summed E-state index contributed by atoms with van der Waals surface area (Å²) < 4.78 is 5.52. The molecule has 2 unspecified atom stereocenters. The number of carbonyl (C=O) groups is 1. The standard InChI is InChI=1S/C10H12ClNO2S2/c1-14-10(13)8-5-15-4-7(12-8)6-2-9(11)16-3-6/h2-3,7-8,12H,4-5H2,1H3. The van der Waals surface area contributed by atoms with Gasteiger partial charge in [-0.3, -0.25) is 10.1 Å². The van der Waals surface area contributed by atoms with E-state index in [9.17, 15) is 4.79 Å². The highest BCUT2D eigenvalue weighted by Crippen LogP contribution is 2.30. The summed E-state index contributed by atoms with van der Waals surface area (Å²) in [5, 5.41) is 5.31. The normalized spacial score (nSPS) is 25.4. The average molecular weight is 278 g/mol. The van der Waals surface area contributed by atoms with Gasteiger partial charge in [-0.25, -0.2) is 0 Å². The second-order valence-electron chi connectivity index (χ2n) is 3.52. The Balaban J connectivity index is 2.04. The Kier molecular flexibility index (Phi) is 4.13. The molecule has 1 aromatic rings. The molecular weight excluding hydrogens is 266 g/mol. The maximum absolute atomic E-state index is 11.4. The lowest BCUT2D eigenvalue weighted by atomic mass is 10.1. The van der Waals surface area contributed by atoms with E-state index in [2.05, 4.69) is 5.32 Å². The number of esters is 1. The van der Waals surface area contributed by atoms with Gasteiger partial charge in [-0.1, -0.05) is 11.6 Å². The molecule has 1 aliphatic heterocycles. The van der Waals surface area contributed by atoms with Gasteiger partial charge in [0.25, 0.3) is 0 Å². The van der Waals surface area contributed by atoms with Gasteiger partial charge in [0.15, 0.2) is 0 Å². The summed E-state index contributed by atoms with van der Waals surface area (Å²) in [5.74, 6) is 1.53. The first-order chi connectivity index (χ1) is 7.70. The molecule has 6 heteroatoms. The largest absolute Gasteiger partial charge is 0.468 e. The van der Waals surface area contributed by atoms with Crippen molar-refractivity contribution in [3.63, 3.8) is 0 Å². The number of ether oxygens (including phenoxy) is 1. The van der Waals surface area contributed by atoms with Crippen molar-refractivity contribution in [3.05, 3.63) is 21.3 Å². The minimum absolute atomic E-state index is 0.187. The van der Waals surface area contributed by atoms with Crippen molar-refractivity contribution in [2.45, 2.75) is 12.1 Å². The molecule has 1 aliphatic rings. The highest BCUT2D eigenvalue weighted by molar-refractivity contribution is 7.99. The highest BCUT2D eigenvalue weighted by Gasteiger charge is 2.28. The fourth-order valence-corrected chi connectivity index (χ4v) is 3.69. The first kappa shape index (κ1) is 12.2. The molecule has 3 nitrogen and oxygen atoms in total. The molecule has 88 valence electrons. The number of methoxy groups -OCH3 is 1. The first-order valence-electron chi connectivity index (χ1n) is 4.86. The van der Waals surface area contributed by atoms with E-state index in [0.717, 1.165) is 21.4 Å². The van der Waals surface area contributed by atoms with Crippen LogP contribution in [-0.4, -0.2) is 30.6 Å². The zero-order chi connectivity index (χ0) is 11.5. The molecule has 2 heterocycles. The topological polar surface area (TPSA) is 38.3 Å². The van der Waals surface area contributed by atoms with Gasteiger partial charge in [0.2, 0.25) is 0 Å². The van der Waals surface area contributed by atoms with Crippen LogP contribution >= 0.6 is 34.7 Å². The maximum Gasteiger partial charge on any atom is 0.323 e. The molecule has 0 saturated carbocycles. The van der Waals surface area contributed by atoms with Gasteiger partial charge in [0, 0.05) is 17.5 Å². The lowest BCUT2D eigenvalue weighted by Gasteiger charge is -2.28. The van der Waals surface area contributed by atoms with Crippen LogP contribution in [0.15, 0.2) is 11.4 Å². The van der Waals surface area contributed by atoms with E-state index < -0.39 is 0 Å². The molecule has 0 aromatic carbocycles. The number of rotatable bonds is 2. The minimum atomic E-state index is -0.215. The summed E-state index contributed by atoms with van der Waals surface area (Å²) in [6.07, 6.45) is 0. The van der Waals surface area contributed by atoms with E-state index in [0.29, 0.717) is 0 Å².